The predicted molar refractivity (Wildman–Crippen MR) is 133 cm³/mol. The number of hydrogen-bond donors (Lipinski definition) is 2. The predicted octanol–water partition coefficient (Wildman–Crippen LogP) is 3.78. The van der Waals surface area contributed by atoms with Gasteiger partial charge >= 0.3 is 0 Å². The summed E-state index contributed by atoms with van der Waals surface area (Å²) in [6.07, 6.45) is 5.74. The molecule has 0 fully saturated rings. The van der Waals surface area contributed by atoms with E-state index in [1.807, 2.05) is 14.0 Å². The molecule has 0 saturated heterocycles. The lowest BCUT2D eigenvalue weighted by Gasteiger charge is -2.12. The summed E-state index contributed by atoms with van der Waals surface area (Å²) in [5.74, 6) is -0.766. The van der Waals surface area contributed by atoms with E-state index in [2.05, 4.69) is 42.3 Å². The molecular weight excluding hydrogens is 452 g/mol. The Hall–Kier alpha value is -4.05. The lowest BCUT2D eigenvalue weighted by atomic mass is 10.1. The Kier molecular flexibility index (Phi) is 9.49. The highest BCUT2D eigenvalue weighted by atomic mass is 19.1. The molecule has 0 atom stereocenters. The molecule has 0 bridgehead atoms. The number of aryl methyl sites for hydroxylation is 1. The summed E-state index contributed by atoms with van der Waals surface area (Å²) in [6, 6.07) is 8.23. The molecule has 0 radical (unpaired) electrons. The Morgan fingerprint density at radius 1 is 1.20 bits per heavy atom. The molecule has 8 nitrogen and oxygen atoms in total. The van der Waals surface area contributed by atoms with Crippen molar-refractivity contribution in [3.8, 4) is 17.1 Å². The number of nitrogens with one attached hydrogen (secondary N) is 2. The molecule has 0 amide bonds. The number of allylic oxidation sites excluding steroid dienone is 1. The number of nitrogens with zero attached hydrogens (tertiary/aromatic N) is 5. The fourth-order valence-electron chi connectivity index (χ4n) is 3.16. The third kappa shape index (κ3) is 7.47. The Morgan fingerprint density at radius 3 is 2.80 bits per heavy atom. The molecule has 0 saturated carbocycles. The molecular formula is C25H27F2N7O. The van der Waals surface area contributed by atoms with Crippen LogP contribution in [-0.2, 0) is 13.0 Å². The maximum atomic E-state index is 15.2. The second-order valence-corrected chi connectivity index (χ2v) is 7.49. The van der Waals surface area contributed by atoms with E-state index < -0.39 is 11.6 Å². The molecule has 2 N–H and O–H groups in total. The van der Waals surface area contributed by atoms with Crippen LogP contribution in [0.25, 0.3) is 11.3 Å². The van der Waals surface area contributed by atoms with Gasteiger partial charge in [0.1, 0.15) is 30.3 Å². The highest BCUT2D eigenvalue weighted by Crippen LogP contribution is 2.23. The van der Waals surface area contributed by atoms with E-state index in [-0.39, 0.29) is 24.5 Å². The van der Waals surface area contributed by atoms with Gasteiger partial charge in [-0.15, -0.1) is 0 Å². The standard InChI is InChI=1S/C25H27F2N7O/c1-17-11-19(6-8-30-17)23-21(26)12-18(14-32-23)15-33-24(34-16-29-3)22(27)13-20-5-4-7-31-25(20)35-10-9-28-2/h4-8,11-12,14,16,28,33H,3,9-10,13,15H2,1-2H3/b24-22+,34-16-. The first kappa shape index (κ1) is 25.6. The lowest BCUT2D eigenvalue weighted by Crippen LogP contribution is -2.17. The maximum absolute atomic E-state index is 15.2. The van der Waals surface area contributed by atoms with Crippen LogP contribution in [0.3, 0.4) is 0 Å². The van der Waals surface area contributed by atoms with Crippen LogP contribution in [0.5, 0.6) is 5.88 Å². The Bertz CT molecular complexity index is 1210. The quantitative estimate of drug-likeness (QED) is 0.233. The van der Waals surface area contributed by atoms with Crippen molar-refractivity contribution >= 4 is 13.1 Å². The number of rotatable bonds is 12. The van der Waals surface area contributed by atoms with Crippen molar-refractivity contribution in [3.63, 3.8) is 0 Å². The first-order valence-corrected chi connectivity index (χ1v) is 10.9. The molecule has 3 aromatic heterocycles. The minimum atomic E-state index is -0.561. The van der Waals surface area contributed by atoms with Gasteiger partial charge < -0.3 is 15.4 Å². The number of aromatic nitrogens is 3. The van der Waals surface area contributed by atoms with Gasteiger partial charge in [0.05, 0.1) is 0 Å². The molecule has 35 heavy (non-hydrogen) atoms. The Labute approximate surface area is 202 Å². The third-order valence-corrected chi connectivity index (χ3v) is 4.84. The van der Waals surface area contributed by atoms with Crippen LogP contribution in [0.4, 0.5) is 8.78 Å². The average Bonchev–Trinajstić information content (AvgIpc) is 2.85. The maximum Gasteiger partial charge on any atom is 0.216 e. The van der Waals surface area contributed by atoms with Gasteiger partial charge in [-0.2, -0.15) is 0 Å². The van der Waals surface area contributed by atoms with Crippen molar-refractivity contribution in [2.45, 2.75) is 19.9 Å². The Morgan fingerprint density at radius 2 is 2.06 bits per heavy atom. The number of hydrogen-bond acceptors (Lipinski definition) is 7. The number of halogens is 2. The van der Waals surface area contributed by atoms with E-state index in [1.54, 1.807) is 36.7 Å². The normalized spacial score (nSPS) is 11.9. The summed E-state index contributed by atoms with van der Waals surface area (Å²) in [4.78, 5) is 20.1. The zero-order valence-electron chi connectivity index (χ0n) is 19.6. The first-order valence-electron chi connectivity index (χ1n) is 10.9. The molecule has 0 aliphatic rings. The zero-order valence-corrected chi connectivity index (χ0v) is 19.6. The minimum Gasteiger partial charge on any atom is -0.476 e. The topological polar surface area (TPSA) is 96.7 Å². The van der Waals surface area contributed by atoms with Crippen molar-refractivity contribution < 1.29 is 13.5 Å². The molecule has 0 aromatic carbocycles. The van der Waals surface area contributed by atoms with Crippen molar-refractivity contribution in [1.82, 2.24) is 25.6 Å². The van der Waals surface area contributed by atoms with E-state index in [4.69, 9.17) is 4.74 Å². The van der Waals surface area contributed by atoms with Crippen LogP contribution in [0.2, 0.25) is 0 Å². The van der Waals surface area contributed by atoms with Crippen molar-refractivity contribution in [1.29, 1.82) is 0 Å². The average molecular weight is 480 g/mol. The zero-order chi connectivity index (χ0) is 25.0. The van der Waals surface area contributed by atoms with Gasteiger partial charge in [0.15, 0.2) is 5.82 Å². The number of ether oxygens (including phenoxy) is 1. The summed E-state index contributed by atoms with van der Waals surface area (Å²) in [7, 11) is 1.81. The van der Waals surface area contributed by atoms with Gasteiger partial charge in [0.25, 0.3) is 0 Å². The van der Waals surface area contributed by atoms with Gasteiger partial charge in [0, 0.05) is 54.9 Å². The number of likely N-dealkylation sites (N-methyl/N-ethyl adjacent to an activating group) is 1. The smallest absolute Gasteiger partial charge is 0.216 e. The van der Waals surface area contributed by atoms with E-state index in [9.17, 15) is 4.39 Å². The summed E-state index contributed by atoms with van der Waals surface area (Å²) in [5, 5.41) is 5.86. The fraction of sp³-hybridized carbons (Fsp3) is 0.240. The van der Waals surface area contributed by atoms with E-state index in [0.29, 0.717) is 35.7 Å². The van der Waals surface area contributed by atoms with E-state index >= 15 is 4.39 Å². The highest BCUT2D eigenvalue weighted by Gasteiger charge is 2.13. The molecule has 10 heteroatoms. The van der Waals surface area contributed by atoms with Gasteiger partial charge in [-0.05, 0) is 50.5 Å². The fourth-order valence-corrected chi connectivity index (χ4v) is 3.16. The van der Waals surface area contributed by atoms with Crippen LogP contribution in [-0.4, -0.2) is 48.2 Å². The van der Waals surface area contributed by atoms with Crippen LogP contribution in [0, 0.1) is 12.7 Å². The largest absolute Gasteiger partial charge is 0.476 e. The minimum absolute atomic E-state index is 0.0586. The SMILES string of the molecule is C=N/C=N\C(NCc1cnc(-c2ccnc(C)c2)c(F)c1)=C(\F)Cc1cccnc1OCCNC. The van der Waals surface area contributed by atoms with Gasteiger partial charge in [-0.25, -0.2) is 18.8 Å². The summed E-state index contributed by atoms with van der Waals surface area (Å²) in [5.41, 5.74) is 2.69. The number of aliphatic imine (C=N–C) groups is 2. The summed E-state index contributed by atoms with van der Waals surface area (Å²) < 4.78 is 35.6. The molecule has 0 unspecified atom stereocenters. The third-order valence-electron chi connectivity index (χ3n) is 4.84. The highest BCUT2D eigenvalue weighted by molar-refractivity contribution is 5.63. The molecule has 3 aromatic rings. The van der Waals surface area contributed by atoms with Crippen molar-refractivity contribution in [2.75, 3.05) is 20.2 Å². The molecule has 0 spiro atoms. The molecule has 0 aliphatic carbocycles. The van der Waals surface area contributed by atoms with Crippen LogP contribution in [0.1, 0.15) is 16.8 Å². The van der Waals surface area contributed by atoms with Gasteiger partial charge in [0.2, 0.25) is 5.88 Å². The molecule has 3 rings (SSSR count). The van der Waals surface area contributed by atoms with Gasteiger partial charge in [-0.1, -0.05) is 6.07 Å². The van der Waals surface area contributed by atoms with Crippen molar-refractivity contribution in [3.05, 3.63) is 83.2 Å². The molecule has 3 heterocycles. The first-order chi connectivity index (χ1) is 17.0. The van der Waals surface area contributed by atoms with E-state index in [1.165, 1.54) is 12.3 Å². The van der Waals surface area contributed by atoms with Crippen molar-refractivity contribution in [2.24, 2.45) is 9.98 Å². The monoisotopic (exact) mass is 479 g/mol. The second-order valence-electron chi connectivity index (χ2n) is 7.49. The van der Waals surface area contributed by atoms with Crippen LogP contribution < -0.4 is 15.4 Å². The summed E-state index contributed by atoms with van der Waals surface area (Å²) in [6.45, 7) is 6.27. The van der Waals surface area contributed by atoms with E-state index in [0.717, 1.165) is 12.0 Å². The summed E-state index contributed by atoms with van der Waals surface area (Å²) >= 11 is 0. The lowest BCUT2D eigenvalue weighted by molar-refractivity contribution is 0.303. The van der Waals surface area contributed by atoms with Crippen LogP contribution in [0.15, 0.2) is 70.6 Å². The Balaban J connectivity index is 1.76. The molecule has 0 aliphatic heterocycles. The van der Waals surface area contributed by atoms with Crippen LogP contribution >= 0.6 is 0 Å². The second kappa shape index (κ2) is 13.0. The number of pyridine rings is 3. The molecule has 182 valence electrons. The van der Waals surface area contributed by atoms with Gasteiger partial charge in [-0.3, -0.25) is 15.0 Å².